The molecule has 0 saturated heterocycles. The SMILES string of the molecule is CCC(=O)NOCc1c(OC)cccc1-n1nnn(C)c1=O. The van der Waals surface area contributed by atoms with Crippen LogP contribution in [0.5, 0.6) is 5.75 Å². The van der Waals surface area contributed by atoms with Crippen LogP contribution in [0.1, 0.15) is 18.9 Å². The molecule has 0 aliphatic carbocycles. The van der Waals surface area contributed by atoms with Gasteiger partial charge in [0.05, 0.1) is 12.8 Å². The van der Waals surface area contributed by atoms with Gasteiger partial charge in [0.2, 0.25) is 5.91 Å². The molecule has 9 nitrogen and oxygen atoms in total. The highest BCUT2D eigenvalue weighted by Gasteiger charge is 2.15. The van der Waals surface area contributed by atoms with Gasteiger partial charge in [-0.3, -0.25) is 9.63 Å². The van der Waals surface area contributed by atoms with Crippen molar-refractivity contribution in [2.45, 2.75) is 20.0 Å². The van der Waals surface area contributed by atoms with Crippen molar-refractivity contribution in [3.8, 4) is 11.4 Å². The third-order valence-electron chi connectivity index (χ3n) is 3.00. The smallest absolute Gasteiger partial charge is 0.368 e. The van der Waals surface area contributed by atoms with E-state index in [0.717, 1.165) is 9.36 Å². The molecule has 1 aromatic carbocycles. The van der Waals surface area contributed by atoms with Gasteiger partial charge in [0.1, 0.15) is 12.4 Å². The lowest BCUT2D eigenvalue weighted by Crippen LogP contribution is -2.25. The number of aromatic nitrogens is 4. The van der Waals surface area contributed by atoms with Gasteiger partial charge in [-0.2, -0.15) is 9.36 Å². The monoisotopic (exact) mass is 307 g/mol. The van der Waals surface area contributed by atoms with E-state index in [0.29, 0.717) is 23.4 Å². The van der Waals surface area contributed by atoms with Crippen LogP contribution >= 0.6 is 0 Å². The second-order valence-corrected chi connectivity index (χ2v) is 4.42. The van der Waals surface area contributed by atoms with Gasteiger partial charge >= 0.3 is 5.69 Å². The van der Waals surface area contributed by atoms with E-state index in [2.05, 4.69) is 15.9 Å². The van der Waals surface area contributed by atoms with Gasteiger partial charge < -0.3 is 4.74 Å². The minimum Gasteiger partial charge on any atom is -0.496 e. The summed E-state index contributed by atoms with van der Waals surface area (Å²) in [4.78, 5) is 28.4. The summed E-state index contributed by atoms with van der Waals surface area (Å²) in [5.41, 5.74) is 2.96. The third kappa shape index (κ3) is 3.14. The molecule has 0 spiro atoms. The highest BCUT2D eigenvalue weighted by Crippen LogP contribution is 2.24. The summed E-state index contributed by atoms with van der Waals surface area (Å²) < 4.78 is 7.53. The van der Waals surface area contributed by atoms with E-state index in [1.165, 1.54) is 14.2 Å². The maximum absolute atomic E-state index is 12.0. The molecule has 118 valence electrons. The van der Waals surface area contributed by atoms with Crippen LogP contribution in [0.15, 0.2) is 23.0 Å². The van der Waals surface area contributed by atoms with Crippen molar-refractivity contribution in [2.24, 2.45) is 7.05 Å². The first-order chi connectivity index (χ1) is 10.6. The van der Waals surface area contributed by atoms with E-state index in [4.69, 9.17) is 9.57 Å². The van der Waals surface area contributed by atoms with E-state index in [9.17, 15) is 9.59 Å². The summed E-state index contributed by atoms with van der Waals surface area (Å²) in [7, 11) is 3.01. The topological polar surface area (TPSA) is 100 Å². The quantitative estimate of drug-likeness (QED) is 0.750. The summed E-state index contributed by atoms with van der Waals surface area (Å²) in [5, 5.41) is 7.48. The Kier molecular flexibility index (Phi) is 4.89. The van der Waals surface area contributed by atoms with Crippen molar-refractivity contribution >= 4 is 5.91 Å². The Balaban J connectivity index is 2.36. The minimum atomic E-state index is -0.396. The fourth-order valence-electron chi connectivity index (χ4n) is 1.81. The lowest BCUT2D eigenvalue weighted by molar-refractivity contribution is -0.134. The van der Waals surface area contributed by atoms with E-state index in [-0.39, 0.29) is 12.5 Å². The van der Waals surface area contributed by atoms with E-state index in [1.807, 2.05) is 0 Å². The lowest BCUT2D eigenvalue weighted by Gasteiger charge is -2.13. The fraction of sp³-hybridized carbons (Fsp3) is 0.385. The highest BCUT2D eigenvalue weighted by atomic mass is 16.7. The summed E-state index contributed by atoms with van der Waals surface area (Å²) in [6, 6.07) is 5.15. The van der Waals surface area contributed by atoms with Crippen LogP contribution in [0.2, 0.25) is 0 Å². The number of hydrogen-bond donors (Lipinski definition) is 1. The number of carbonyl (C=O) groups excluding carboxylic acids is 1. The summed E-state index contributed by atoms with van der Waals surface area (Å²) in [6.07, 6.45) is 0.308. The average Bonchev–Trinajstić information content (AvgIpc) is 2.86. The second-order valence-electron chi connectivity index (χ2n) is 4.42. The largest absolute Gasteiger partial charge is 0.496 e. The number of amides is 1. The molecular formula is C13H17N5O4. The van der Waals surface area contributed by atoms with Gasteiger partial charge in [0.25, 0.3) is 0 Å². The molecule has 9 heteroatoms. The van der Waals surface area contributed by atoms with Gasteiger partial charge in [-0.15, -0.1) is 0 Å². The summed E-state index contributed by atoms with van der Waals surface area (Å²) in [5.74, 6) is 0.272. The zero-order valence-electron chi connectivity index (χ0n) is 12.6. The van der Waals surface area contributed by atoms with Crippen molar-refractivity contribution in [3.05, 3.63) is 34.2 Å². The Bertz CT molecular complexity index is 721. The molecule has 22 heavy (non-hydrogen) atoms. The predicted molar refractivity (Wildman–Crippen MR) is 76.4 cm³/mol. The van der Waals surface area contributed by atoms with E-state index < -0.39 is 5.69 Å². The van der Waals surface area contributed by atoms with Crippen LogP contribution in [-0.2, 0) is 23.3 Å². The first-order valence-electron chi connectivity index (χ1n) is 6.64. The number of hydroxylamine groups is 1. The number of nitrogens with zero attached hydrogens (tertiary/aromatic N) is 4. The van der Waals surface area contributed by atoms with E-state index >= 15 is 0 Å². The zero-order valence-corrected chi connectivity index (χ0v) is 12.6. The minimum absolute atomic E-state index is 0.0219. The molecule has 0 unspecified atom stereocenters. The molecule has 1 aromatic heterocycles. The van der Waals surface area contributed by atoms with Crippen molar-refractivity contribution in [1.29, 1.82) is 0 Å². The molecule has 0 atom stereocenters. The van der Waals surface area contributed by atoms with Gasteiger partial charge in [0.15, 0.2) is 0 Å². The average molecular weight is 307 g/mol. The predicted octanol–water partition coefficient (Wildman–Crippen LogP) is -0.0676. The van der Waals surface area contributed by atoms with Crippen molar-refractivity contribution < 1.29 is 14.4 Å². The number of ether oxygens (including phenoxy) is 1. The van der Waals surface area contributed by atoms with Crippen LogP contribution < -0.4 is 15.9 Å². The molecule has 0 aliphatic heterocycles. The van der Waals surface area contributed by atoms with Crippen LogP contribution in [0.25, 0.3) is 5.69 Å². The third-order valence-corrected chi connectivity index (χ3v) is 3.00. The van der Waals surface area contributed by atoms with Crippen LogP contribution in [0.3, 0.4) is 0 Å². The number of aryl methyl sites for hydroxylation is 1. The highest BCUT2D eigenvalue weighted by molar-refractivity contribution is 5.74. The molecule has 0 fully saturated rings. The number of hydrogen-bond acceptors (Lipinski definition) is 6. The number of rotatable bonds is 6. The Morgan fingerprint density at radius 3 is 2.73 bits per heavy atom. The number of methoxy groups -OCH3 is 1. The molecule has 2 aromatic rings. The van der Waals surface area contributed by atoms with Crippen molar-refractivity contribution in [3.63, 3.8) is 0 Å². The molecule has 0 bridgehead atoms. The van der Waals surface area contributed by atoms with Crippen LogP contribution in [0, 0.1) is 0 Å². The van der Waals surface area contributed by atoms with Gasteiger partial charge in [0, 0.05) is 19.0 Å². The molecule has 0 saturated carbocycles. The Hall–Kier alpha value is -2.68. The maximum Gasteiger partial charge on any atom is 0.368 e. The second kappa shape index (κ2) is 6.85. The fourth-order valence-corrected chi connectivity index (χ4v) is 1.81. The molecule has 0 radical (unpaired) electrons. The number of carbonyl (C=O) groups is 1. The van der Waals surface area contributed by atoms with Crippen molar-refractivity contribution in [2.75, 3.05) is 7.11 Å². The zero-order chi connectivity index (χ0) is 16.1. The Morgan fingerprint density at radius 1 is 1.36 bits per heavy atom. The maximum atomic E-state index is 12.0. The first kappa shape index (κ1) is 15.7. The summed E-state index contributed by atoms with van der Waals surface area (Å²) >= 11 is 0. The molecule has 2 rings (SSSR count). The number of nitrogens with one attached hydrogen (secondary N) is 1. The number of tetrazole rings is 1. The standard InChI is InChI=1S/C13H17N5O4/c1-4-12(19)14-22-8-9-10(6-5-7-11(9)21-3)18-13(20)17(2)15-16-18/h5-7H,4,8H2,1-3H3,(H,14,19). The number of benzene rings is 1. The van der Waals surface area contributed by atoms with Gasteiger partial charge in [-0.25, -0.2) is 10.3 Å². The molecule has 1 heterocycles. The Labute approximate surface area is 126 Å². The molecule has 1 N–H and O–H groups in total. The molecular weight excluding hydrogens is 290 g/mol. The first-order valence-corrected chi connectivity index (χ1v) is 6.64. The normalized spacial score (nSPS) is 10.5. The Morgan fingerprint density at radius 2 is 2.14 bits per heavy atom. The van der Waals surface area contributed by atoms with Gasteiger partial charge in [-0.05, 0) is 22.6 Å². The lowest BCUT2D eigenvalue weighted by atomic mass is 10.1. The molecule has 1 amide bonds. The molecule has 0 aliphatic rings. The summed E-state index contributed by atoms with van der Waals surface area (Å²) in [6.45, 7) is 1.74. The van der Waals surface area contributed by atoms with Crippen LogP contribution in [0.4, 0.5) is 0 Å². The van der Waals surface area contributed by atoms with Gasteiger partial charge in [-0.1, -0.05) is 13.0 Å². The van der Waals surface area contributed by atoms with Crippen molar-refractivity contribution in [1.82, 2.24) is 25.3 Å². The van der Waals surface area contributed by atoms with E-state index in [1.54, 1.807) is 25.1 Å². The van der Waals surface area contributed by atoms with Crippen LogP contribution in [-0.4, -0.2) is 32.8 Å².